The van der Waals surface area contributed by atoms with E-state index in [4.69, 9.17) is 4.42 Å². The summed E-state index contributed by atoms with van der Waals surface area (Å²) in [4.78, 5) is 27.4. The first-order chi connectivity index (χ1) is 13.6. The van der Waals surface area contributed by atoms with Crippen LogP contribution in [0.4, 0.5) is 11.4 Å². The molecule has 0 spiro atoms. The first-order valence-electron chi connectivity index (χ1n) is 9.32. The predicted octanol–water partition coefficient (Wildman–Crippen LogP) is 5.25. The largest absolute Gasteiger partial charge is 0.422 e. The van der Waals surface area contributed by atoms with Crippen molar-refractivity contribution in [3.63, 3.8) is 0 Å². The zero-order valence-corrected chi connectivity index (χ0v) is 16.6. The Morgan fingerprint density at radius 2 is 1.96 bits per heavy atom. The fourth-order valence-electron chi connectivity index (χ4n) is 3.47. The lowest BCUT2D eigenvalue weighted by Crippen LogP contribution is -2.22. The number of anilines is 1. The number of nitrogens with zero attached hydrogens (tertiary/aromatic N) is 2. The van der Waals surface area contributed by atoms with E-state index < -0.39 is 5.63 Å². The van der Waals surface area contributed by atoms with E-state index in [1.54, 1.807) is 23.9 Å². The predicted molar refractivity (Wildman–Crippen MR) is 113 cm³/mol. The van der Waals surface area contributed by atoms with Crippen molar-refractivity contribution in [2.75, 3.05) is 18.4 Å². The van der Waals surface area contributed by atoms with Crippen molar-refractivity contribution >= 4 is 34.1 Å². The Labute approximate surface area is 166 Å². The van der Waals surface area contributed by atoms with Crippen LogP contribution < -0.4 is 10.9 Å². The number of para-hydroxylation sites is 1. The molecular weight excluding hydrogens is 374 g/mol. The molecule has 3 aromatic rings. The van der Waals surface area contributed by atoms with E-state index >= 15 is 0 Å². The van der Waals surface area contributed by atoms with Crippen LogP contribution in [0.2, 0.25) is 0 Å². The molecule has 1 aromatic heterocycles. The average molecular weight is 395 g/mol. The molecule has 1 aliphatic rings. The highest BCUT2D eigenvalue weighted by Crippen LogP contribution is 2.45. The summed E-state index contributed by atoms with van der Waals surface area (Å²) in [7, 11) is 0. The fraction of sp³-hybridized carbons (Fsp3) is 0.286. The number of benzene rings is 2. The van der Waals surface area contributed by atoms with E-state index in [2.05, 4.69) is 29.2 Å². The molecule has 1 atom stereocenters. The maximum absolute atomic E-state index is 12.8. The van der Waals surface area contributed by atoms with E-state index in [1.165, 1.54) is 0 Å². The standard InChI is InChI=1S/C21H21N3O3S/c1-3-24(4-2)12-15-16(23-26)10-9-13-11-14(21(25)27-19(13)15)20-22-17-7-5-6-8-18(17)28-20/h5-11,20,22H,3-4,12H2,1-2H3. The number of hydrogen-bond acceptors (Lipinski definition) is 7. The van der Waals surface area contributed by atoms with Crippen molar-refractivity contribution in [1.29, 1.82) is 0 Å². The van der Waals surface area contributed by atoms with E-state index in [-0.39, 0.29) is 5.37 Å². The topological polar surface area (TPSA) is 74.9 Å². The van der Waals surface area contributed by atoms with Crippen molar-refractivity contribution < 1.29 is 4.42 Å². The number of nitrogens with one attached hydrogen (secondary N) is 1. The Morgan fingerprint density at radius 3 is 2.68 bits per heavy atom. The number of thioether (sulfide) groups is 1. The van der Waals surface area contributed by atoms with Gasteiger partial charge in [0.2, 0.25) is 0 Å². The molecule has 144 valence electrons. The third kappa shape index (κ3) is 3.31. The molecule has 0 bridgehead atoms. The van der Waals surface area contributed by atoms with Crippen molar-refractivity contribution in [2.45, 2.75) is 30.7 Å². The molecule has 2 aromatic carbocycles. The van der Waals surface area contributed by atoms with Crippen molar-refractivity contribution in [2.24, 2.45) is 5.18 Å². The van der Waals surface area contributed by atoms with Gasteiger partial charge in [0.15, 0.2) is 0 Å². The van der Waals surface area contributed by atoms with Gasteiger partial charge in [0.05, 0.1) is 5.56 Å². The van der Waals surface area contributed by atoms with Crippen molar-refractivity contribution in [3.8, 4) is 0 Å². The van der Waals surface area contributed by atoms with Gasteiger partial charge < -0.3 is 9.73 Å². The zero-order valence-electron chi connectivity index (χ0n) is 15.8. The smallest absolute Gasteiger partial charge is 0.342 e. The molecule has 2 heterocycles. The monoisotopic (exact) mass is 395 g/mol. The van der Waals surface area contributed by atoms with Gasteiger partial charge in [0, 0.05) is 28.1 Å². The van der Waals surface area contributed by atoms with Gasteiger partial charge in [-0.25, -0.2) is 4.79 Å². The van der Waals surface area contributed by atoms with Gasteiger partial charge in [-0.2, -0.15) is 0 Å². The lowest BCUT2D eigenvalue weighted by Gasteiger charge is -2.19. The molecule has 1 unspecified atom stereocenters. The van der Waals surface area contributed by atoms with E-state index in [9.17, 15) is 9.70 Å². The molecule has 4 rings (SSSR count). The van der Waals surface area contributed by atoms with Crippen LogP contribution in [0, 0.1) is 4.91 Å². The van der Waals surface area contributed by atoms with Crippen LogP contribution in [0.15, 0.2) is 61.7 Å². The SMILES string of the molecule is CCN(CC)Cc1c(N=O)ccc2cc(C3Nc4ccccc4S3)c(=O)oc12. The Balaban J connectivity index is 1.78. The molecule has 0 saturated heterocycles. The minimum Gasteiger partial charge on any atom is -0.422 e. The molecule has 6 nitrogen and oxygen atoms in total. The summed E-state index contributed by atoms with van der Waals surface area (Å²) in [6.45, 7) is 6.27. The highest BCUT2D eigenvalue weighted by molar-refractivity contribution is 8.00. The van der Waals surface area contributed by atoms with Gasteiger partial charge in [-0.05, 0) is 48.6 Å². The summed E-state index contributed by atoms with van der Waals surface area (Å²) in [5.74, 6) is 0. The van der Waals surface area contributed by atoms with Gasteiger partial charge in [-0.1, -0.05) is 37.7 Å². The fourth-order valence-corrected chi connectivity index (χ4v) is 4.61. The van der Waals surface area contributed by atoms with Crippen LogP contribution in [-0.4, -0.2) is 18.0 Å². The van der Waals surface area contributed by atoms with Gasteiger partial charge in [0.1, 0.15) is 16.6 Å². The molecule has 7 heteroatoms. The Kier molecular flexibility index (Phi) is 5.19. The summed E-state index contributed by atoms with van der Waals surface area (Å²) in [6.07, 6.45) is 0. The molecule has 1 aliphatic heterocycles. The third-order valence-electron chi connectivity index (χ3n) is 5.08. The van der Waals surface area contributed by atoms with Crippen LogP contribution in [-0.2, 0) is 6.54 Å². The zero-order chi connectivity index (χ0) is 19.7. The average Bonchev–Trinajstić information content (AvgIpc) is 3.15. The normalized spacial score (nSPS) is 15.6. The number of rotatable bonds is 6. The Hall–Kier alpha value is -2.64. The molecule has 28 heavy (non-hydrogen) atoms. The number of fused-ring (bicyclic) bond motifs is 2. The molecule has 0 saturated carbocycles. The molecule has 0 fully saturated rings. The summed E-state index contributed by atoms with van der Waals surface area (Å²) >= 11 is 1.59. The lowest BCUT2D eigenvalue weighted by molar-refractivity contribution is 0.295. The molecule has 1 N–H and O–H groups in total. The van der Waals surface area contributed by atoms with E-state index in [1.807, 2.05) is 30.3 Å². The van der Waals surface area contributed by atoms with E-state index in [0.717, 1.165) is 29.1 Å². The minimum atomic E-state index is -0.394. The van der Waals surface area contributed by atoms with Crippen LogP contribution in [0.1, 0.15) is 30.3 Å². The molecular formula is C21H21N3O3S. The van der Waals surface area contributed by atoms with Crippen LogP contribution in [0.5, 0.6) is 0 Å². The van der Waals surface area contributed by atoms with Crippen LogP contribution in [0.3, 0.4) is 0 Å². The quantitative estimate of drug-likeness (QED) is 0.454. The maximum Gasteiger partial charge on any atom is 0.342 e. The molecule has 0 radical (unpaired) electrons. The molecule has 0 aliphatic carbocycles. The van der Waals surface area contributed by atoms with Crippen LogP contribution >= 0.6 is 11.8 Å². The number of nitroso groups, excluding NO2 is 1. The third-order valence-corrected chi connectivity index (χ3v) is 6.30. The van der Waals surface area contributed by atoms with E-state index in [0.29, 0.717) is 28.9 Å². The first kappa shape index (κ1) is 18.7. The lowest BCUT2D eigenvalue weighted by atomic mass is 10.1. The summed E-state index contributed by atoms with van der Waals surface area (Å²) in [6, 6.07) is 13.3. The van der Waals surface area contributed by atoms with Gasteiger partial charge >= 0.3 is 5.63 Å². The molecule has 0 amide bonds. The van der Waals surface area contributed by atoms with Gasteiger partial charge in [0.25, 0.3) is 0 Å². The van der Waals surface area contributed by atoms with Gasteiger partial charge in [-0.3, -0.25) is 4.90 Å². The second kappa shape index (κ2) is 7.77. The summed E-state index contributed by atoms with van der Waals surface area (Å²) < 4.78 is 5.73. The summed E-state index contributed by atoms with van der Waals surface area (Å²) in [5, 5.41) is 7.11. The van der Waals surface area contributed by atoms with Gasteiger partial charge in [-0.15, -0.1) is 4.91 Å². The number of hydrogen-bond donors (Lipinski definition) is 1. The Bertz CT molecular complexity index is 1070. The first-order valence-corrected chi connectivity index (χ1v) is 10.2. The second-order valence-corrected chi connectivity index (χ2v) is 7.81. The van der Waals surface area contributed by atoms with Crippen molar-refractivity contribution in [1.82, 2.24) is 4.90 Å². The maximum atomic E-state index is 12.8. The van der Waals surface area contributed by atoms with Crippen molar-refractivity contribution in [3.05, 3.63) is 68.9 Å². The minimum absolute atomic E-state index is 0.201. The summed E-state index contributed by atoms with van der Waals surface area (Å²) in [5.41, 5.74) is 2.60. The Morgan fingerprint density at radius 1 is 1.18 bits per heavy atom. The second-order valence-electron chi connectivity index (χ2n) is 6.66. The highest BCUT2D eigenvalue weighted by atomic mass is 32.2. The highest BCUT2D eigenvalue weighted by Gasteiger charge is 2.26. The van der Waals surface area contributed by atoms with Crippen LogP contribution in [0.25, 0.3) is 11.0 Å².